The molecule has 2 heterocycles. The molecule has 0 radical (unpaired) electrons. The second-order valence-corrected chi connectivity index (χ2v) is 8.02. The van der Waals surface area contributed by atoms with Crippen molar-refractivity contribution in [3.63, 3.8) is 0 Å². The lowest BCUT2D eigenvalue weighted by Crippen LogP contribution is -2.05. The van der Waals surface area contributed by atoms with Crippen LogP contribution >= 0.6 is 22.9 Å². The zero-order valence-corrected chi connectivity index (χ0v) is 17.6. The third kappa shape index (κ3) is 4.34. The van der Waals surface area contributed by atoms with Crippen LogP contribution in [0.2, 0.25) is 5.02 Å². The van der Waals surface area contributed by atoms with E-state index in [2.05, 4.69) is 15.3 Å². The van der Waals surface area contributed by atoms with E-state index < -0.39 is 5.97 Å². The van der Waals surface area contributed by atoms with Crippen LogP contribution in [-0.4, -0.2) is 37.2 Å². The Morgan fingerprint density at radius 1 is 1.32 bits per heavy atom. The maximum absolute atomic E-state index is 10.9. The van der Waals surface area contributed by atoms with Crippen LogP contribution in [0.4, 0.5) is 0 Å². The average molecular weight is 421 g/mol. The molecule has 0 atom stereocenters. The Labute approximate surface area is 171 Å². The molecule has 3 aromatic rings. The molecule has 0 spiro atoms. The number of hydrogen-bond donors (Lipinski definition) is 1. The molecule has 0 saturated heterocycles. The fourth-order valence-corrected chi connectivity index (χ4v) is 3.93. The maximum atomic E-state index is 10.9. The zero-order chi connectivity index (χ0) is 20.4. The van der Waals surface area contributed by atoms with Crippen LogP contribution in [0.25, 0.3) is 15.7 Å². The van der Waals surface area contributed by atoms with Crippen molar-refractivity contribution >= 4 is 28.9 Å². The summed E-state index contributed by atoms with van der Waals surface area (Å²) in [7, 11) is 0. The van der Waals surface area contributed by atoms with Gasteiger partial charge in [0.15, 0.2) is 0 Å². The van der Waals surface area contributed by atoms with Crippen LogP contribution in [0.3, 0.4) is 0 Å². The molecule has 0 unspecified atom stereocenters. The fraction of sp³-hybridized carbons (Fsp3) is 0.368. The molecule has 0 aliphatic carbocycles. The minimum absolute atomic E-state index is 0.0397. The number of hydrogen-bond acceptors (Lipinski definition) is 6. The number of aryl methyl sites for hydroxylation is 1. The first-order chi connectivity index (χ1) is 13.3. The molecule has 2 aromatic heterocycles. The lowest BCUT2D eigenvalue weighted by Gasteiger charge is -2.11. The fourth-order valence-electron chi connectivity index (χ4n) is 2.86. The smallest absolute Gasteiger partial charge is 0.303 e. The van der Waals surface area contributed by atoms with Gasteiger partial charge in [-0.05, 0) is 57.9 Å². The summed E-state index contributed by atoms with van der Waals surface area (Å²) in [6, 6.07) is 5.53. The Morgan fingerprint density at radius 3 is 2.71 bits per heavy atom. The van der Waals surface area contributed by atoms with E-state index >= 15 is 0 Å². The highest BCUT2D eigenvalue weighted by Gasteiger charge is 2.18. The Balaban J connectivity index is 1.88. The van der Waals surface area contributed by atoms with Crippen LogP contribution in [0.1, 0.15) is 37.2 Å². The third-order valence-corrected chi connectivity index (χ3v) is 5.41. The van der Waals surface area contributed by atoms with E-state index in [1.54, 1.807) is 4.68 Å². The zero-order valence-electron chi connectivity index (χ0n) is 16.1. The summed E-state index contributed by atoms with van der Waals surface area (Å²) < 4.78 is 7.38. The summed E-state index contributed by atoms with van der Waals surface area (Å²) in [5.41, 5.74) is 3.45. The number of ether oxygens (including phenoxy) is 1. The van der Waals surface area contributed by atoms with Gasteiger partial charge < -0.3 is 9.84 Å². The highest BCUT2D eigenvalue weighted by molar-refractivity contribution is 7.17. The Hall–Kier alpha value is -2.45. The van der Waals surface area contributed by atoms with Crippen LogP contribution in [0.15, 0.2) is 18.2 Å². The van der Waals surface area contributed by atoms with Gasteiger partial charge in [0.2, 0.25) is 5.13 Å². The lowest BCUT2D eigenvalue weighted by atomic mass is 10.1. The van der Waals surface area contributed by atoms with Gasteiger partial charge in [0.05, 0.1) is 16.8 Å². The second-order valence-electron chi connectivity index (χ2n) is 6.66. The summed E-state index contributed by atoms with van der Waals surface area (Å²) in [5, 5.41) is 23.8. The molecule has 148 valence electrons. The normalized spacial score (nSPS) is 11.2. The molecule has 1 N–H and O–H groups in total. The van der Waals surface area contributed by atoms with Crippen molar-refractivity contribution in [3.05, 3.63) is 40.2 Å². The van der Waals surface area contributed by atoms with E-state index in [0.717, 1.165) is 22.5 Å². The highest BCUT2D eigenvalue weighted by atomic mass is 35.5. The molecule has 7 nitrogen and oxygen atoms in total. The van der Waals surface area contributed by atoms with Crippen molar-refractivity contribution in [1.29, 1.82) is 0 Å². The molecule has 0 bridgehead atoms. The molecular formula is C19H21ClN4O3S. The largest absolute Gasteiger partial charge is 0.489 e. The second kappa shape index (κ2) is 8.28. The first-order valence-electron chi connectivity index (χ1n) is 8.83. The number of carboxylic acid groups (broad SMARTS) is 1. The molecule has 0 amide bonds. The van der Waals surface area contributed by atoms with Crippen LogP contribution in [-0.2, 0) is 11.2 Å². The topological polar surface area (TPSA) is 90.1 Å². The number of rotatable bonds is 7. The molecule has 0 aliphatic heterocycles. The summed E-state index contributed by atoms with van der Waals surface area (Å²) in [6.45, 7) is 7.67. The van der Waals surface area contributed by atoms with Gasteiger partial charge >= 0.3 is 5.97 Å². The molecule has 28 heavy (non-hydrogen) atoms. The molecule has 9 heteroatoms. The van der Waals surface area contributed by atoms with E-state index in [4.69, 9.17) is 21.4 Å². The third-order valence-electron chi connectivity index (χ3n) is 4.17. The summed E-state index contributed by atoms with van der Waals surface area (Å²) in [5.74, 6) is -0.196. The van der Waals surface area contributed by atoms with Gasteiger partial charge in [-0.2, -0.15) is 5.10 Å². The van der Waals surface area contributed by atoms with Crippen LogP contribution in [0, 0.1) is 13.8 Å². The maximum Gasteiger partial charge on any atom is 0.303 e. The molecule has 1 aromatic carbocycles. The van der Waals surface area contributed by atoms with Gasteiger partial charge in [0, 0.05) is 17.7 Å². The predicted molar refractivity (Wildman–Crippen MR) is 109 cm³/mol. The average Bonchev–Trinajstić information content (AvgIpc) is 3.20. The van der Waals surface area contributed by atoms with E-state index in [-0.39, 0.29) is 12.5 Å². The number of carboxylic acids is 1. The lowest BCUT2D eigenvalue weighted by molar-refractivity contribution is -0.136. The first-order valence-corrected chi connectivity index (χ1v) is 10.0. The minimum Gasteiger partial charge on any atom is -0.489 e. The number of benzene rings is 1. The number of aromatic nitrogens is 4. The van der Waals surface area contributed by atoms with Crippen molar-refractivity contribution in [1.82, 2.24) is 20.0 Å². The molecule has 3 rings (SSSR count). The predicted octanol–water partition coefficient (Wildman–Crippen LogP) is 4.47. The summed E-state index contributed by atoms with van der Waals surface area (Å²) in [6.07, 6.45) is 0.543. The summed E-state index contributed by atoms with van der Waals surface area (Å²) in [4.78, 5) is 10.9. The summed E-state index contributed by atoms with van der Waals surface area (Å²) >= 11 is 7.71. The van der Waals surface area contributed by atoms with Crippen molar-refractivity contribution in [3.8, 4) is 21.5 Å². The van der Waals surface area contributed by atoms with Gasteiger partial charge in [-0.1, -0.05) is 22.9 Å². The van der Waals surface area contributed by atoms with Crippen molar-refractivity contribution in [2.75, 3.05) is 0 Å². The molecule has 0 aliphatic rings. The Bertz CT molecular complexity index is 1010. The van der Waals surface area contributed by atoms with Crippen molar-refractivity contribution in [2.45, 2.75) is 46.6 Å². The van der Waals surface area contributed by atoms with Gasteiger partial charge in [0.25, 0.3) is 0 Å². The van der Waals surface area contributed by atoms with Crippen molar-refractivity contribution < 1.29 is 14.6 Å². The van der Waals surface area contributed by atoms with E-state index in [1.165, 1.54) is 11.3 Å². The van der Waals surface area contributed by atoms with Gasteiger partial charge in [-0.15, -0.1) is 10.2 Å². The van der Waals surface area contributed by atoms with E-state index in [9.17, 15) is 4.79 Å². The van der Waals surface area contributed by atoms with Gasteiger partial charge in [-0.25, -0.2) is 4.68 Å². The molecular weight excluding hydrogens is 400 g/mol. The van der Waals surface area contributed by atoms with E-state index in [0.29, 0.717) is 27.3 Å². The minimum atomic E-state index is -0.827. The van der Waals surface area contributed by atoms with Gasteiger partial charge in [-0.3, -0.25) is 4.79 Å². The first kappa shape index (κ1) is 20.3. The number of nitrogens with zero attached hydrogens (tertiary/aromatic N) is 4. The number of aliphatic carboxylic acids is 1. The Kier molecular flexibility index (Phi) is 6.00. The highest BCUT2D eigenvalue weighted by Crippen LogP contribution is 2.33. The van der Waals surface area contributed by atoms with Gasteiger partial charge in [0.1, 0.15) is 10.8 Å². The molecule has 0 saturated carbocycles. The SMILES string of the molecule is Cc1nn(-c2nnc(-c3ccc(OC(C)C)c(Cl)c3)s2)c(C)c1CCC(=O)O. The van der Waals surface area contributed by atoms with Crippen LogP contribution < -0.4 is 4.74 Å². The number of carbonyl (C=O) groups is 1. The Morgan fingerprint density at radius 2 is 2.07 bits per heavy atom. The van der Waals surface area contributed by atoms with Crippen molar-refractivity contribution in [2.24, 2.45) is 0 Å². The standard InChI is InChI=1S/C19H21ClN4O3S/c1-10(2)27-16-7-5-13(9-15(16)20)18-21-22-19(28-18)24-12(4)14(11(3)23-24)6-8-17(25)26/h5,7,9-10H,6,8H2,1-4H3,(H,25,26). The quantitative estimate of drug-likeness (QED) is 0.606. The van der Waals surface area contributed by atoms with Crippen LogP contribution in [0.5, 0.6) is 5.75 Å². The number of halogens is 1. The monoisotopic (exact) mass is 420 g/mol. The van der Waals surface area contributed by atoms with E-state index in [1.807, 2.05) is 45.9 Å². The molecule has 0 fully saturated rings.